The number of piperazine rings is 1. The minimum Gasteiger partial charge on any atom is -0.391 e. The van der Waals surface area contributed by atoms with Gasteiger partial charge in [0.15, 0.2) is 5.13 Å². The van der Waals surface area contributed by atoms with Crippen LogP contribution in [0.3, 0.4) is 0 Å². The Morgan fingerprint density at radius 2 is 1.81 bits per heavy atom. The first-order chi connectivity index (χ1) is 10.1. The molecule has 5 heteroatoms. The highest BCUT2D eigenvalue weighted by molar-refractivity contribution is 7.15. The average Bonchev–Trinajstić information content (AvgIpc) is 2.97. The summed E-state index contributed by atoms with van der Waals surface area (Å²) < 4.78 is 0. The number of aliphatic hydroxyl groups is 1. The Kier molecular flexibility index (Phi) is 6.02. The van der Waals surface area contributed by atoms with E-state index in [-0.39, 0.29) is 6.61 Å². The van der Waals surface area contributed by atoms with Gasteiger partial charge in [-0.05, 0) is 25.7 Å². The average molecular weight is 311 g/mol. The van der Waals surface area contributed by atoms with Gasteiger partial charge >= 0.3 is 0 Å². The predicted molar refractivity (Wildman–Crippen MR) is 90.3 cm³/mol. The summed E-state index contributed by atoms with van der Waals surface area (Å²) in [7, 11) is 0. The maximum absolute atomic E-state index is 9.56. The predicted octanol–water partition coefficient (Wildman–Crippen LogP) is 3.07. The number of rotatable bonds is 6. The van der Waals surface area contributed by atoms with Gasteiger partial charge in [-0.15, -0.1) is 0 Å². The zero-order valence-corrected chi connectivity index (χ0v) is 14.6. The zero-order chi connectivity index (χ0) is 15.4. The molecule has 0 saturated carbocycles. The molecule has 1 N–H and O–H groups in total. The summed E-state index contributed by atoms with van der Waals surface area (Å²) >= 11 is 1.67. The van der Waals surface area contributed by atoms with Crippen LogP contribution in [-0.4, -0.2) is 47.2 Å². The highest BCUT2D eigenvalue weighted by atomic mass is 32.1. The summed E-state index contributed by atoms with van der Waals surface area (Å²) in [6.45, 7) is 13.4. The van der Waals surface area contributed by atoms with Crippen molar-refractivity contribution in [1.29, 1.82) is 0 Å². The van der Waals surface area contributed by atoms with E-state index in [0.29, 0.717) is 12.0 Å². The van der Waals surface area contributed by atoms with Gasteiger partial charge in [0.25, 0.3) is 0 Å². The van der Waals surface area contributed by atoms with Crippen molar-refractivity contribution >= 4 is 16.5 Å². The van der Waals surface area contributed by atoms with Gasteiger partial charge < -0.3 is 10.0 Å². The van der Waals surface area contributed by atoms with Crippen molar-refractivity contribution < 1.29 is 5.11 Å². The summed E-state index contributed by atoms with van der Waals surface area (Å²) in [5, 5.41) is 10.7. The van der Waals surface area contributed by atoms with E-state index >= 15 is 0 Å². The quantitative estimate of drug-likeness (QED) is 0.876. The van der Waals surface area contributed by atoms with Gasteiger partial charge in [-0.25, -0.2) is 4.98 Å². The minimum atomic E-state index is 0.115. The van der Waals surface area contributed by atoms with E-state index in [1.807, 2.05) is 0 Å². The molecule has 1 fully saturated rings. The third kappa shape index (κ3) is 3.76. The first kappa shape index (κ1) is 16.7. The maximum Gasteiger partial charge on any atom is 0.185 e. The van der Waals surface area contributed by atoms with Crippen molar-refractivity contribution in [3.63, 3.8) is 0 Å². The lowest BCUT2D eigenvalue weighted by molar-refractivity contribution is 0.193. The monoisotopic (exact) mass is 311 g/mol. The standard InChI is InChI=1S/C16H29N3OS/c1-5-12(3)15-14(11-20)21-16(17-15)19-9-7-18(8-10-19)13(4)6-2/h12-13,20H,5-11H2,1-4H3. The van der Waals surface area contributed by atoms with E-state index in [9.17, 15) is 5.11 Å². The molecular formula is C16H29N3OS. The molecule has 1 aromatic heterocycles. The normalized spacial score (nSPS) is 19.8. The second-order valence-electron chi connectivity index (χ2n) is 6.05. The summed E-state index contributed by atoms with van der Waals surface area (Å²) in [5.41, 5.74) is 1.10. The number of nitrogens with zero attached hydrogens (tertiary/aromatic N) is 3. The molecule has 2 heterocycles. The highest BCUT2D eigenvalue weighted by Crippen LogP contribution is 2.32. The van der Waals surface area contributed by atoms with Gasteiger partial charge in [-0.2, -0.15) is 0 Å². The molecule has 4 nitrogen and oxygen atoms in total. The molecular weight excluding hydrogens is 282 g/mol. The molecule has 0 amide bonds. The fraction of sp³-hybridized carbons (Fsp3) is 0.812. The highest BCUT2D eigenvalue weighted by Gasteiger charge is 2.24. The molecule has 2 unspecified atom stereocenters. The lowest BCUT2D eigenvalue weighted by Gasteiger charge is -2.37. The van der Waals surface area contributed by atoms with Crippen LogP contribution in [0.5, 0.6) is 0 Å². The van der Waals surface area contributed by atoms with Crippen molar-refractivity contribution in [3.8, 4) is 0 Å². The SMILES string of the molecule is CCC(C)c1nc(N2CCN(C(C)CC)CC2)sc1CO. The van der Waals surface area contributed by atoms with Crippen LogP contribution in [0.4, 0.5) is 5.13 Å². The number of hydrogen-bond donors (Lipinski definition) is 1. The lowest BCUT2D eigenvalue weighted by atomic mass is 10.0. The van der Waals surface area contributed by atoms with Gasteiger partial charge in [0.2, 0.25) is 0 Å². The molecule has 1 saturated heterocycles. The van der Waals surface area contributed by atoms with Gasteiger partial charge in [0, 0.05) is 32.2 Å². The fourth-order valence-corrected chi connectivity index (χ4v) is 3.88. The van der Waals surface area contributed by atoms with Crippen molar-refractivity contribution in [2.45, 2.75) is 59.1 Å². The van der Waals surface area contributed by atoms with Crippen molar-refractivity contribution in [2.75, 3.05) is 31.1 Å². The van der Waals surface area contributed by atoms with E-state index in [1.165, 1.54) is 6.42 Å². The van der Waals surface area contributed by atoms with Crippen LogP contribution in [0.1, 0.15) is 57.0 Å². The number of anilines is 1. The van der Waals surface area contributed by atoms with Gasteiger partial charge in [0.1, 0.15) is 0 Å². The molecule has 0 aromatic carbocycles. The molecule has 2 rings (SSSR count). The van der Waals surface area contributed by atoms with Crippen LogP contribution in [0.25, 0.3) is 0 Å². The Bertz CT molecular complexity index is 441. The second-order valence-corrected chi connectivity index (χ2v) is 7.11. The van der Waals surface area contributed by atoms with Gasteiger partial charge in [-0.3, -0.25) is 4.90 Å². The first-order valence-electron chi connectivity index (χ1n) is 8.20. The third-order valence-electron chi connectivity index (χ3n) is 4.74. The van der Waals surface area contributed by atoms with Crippen LogP contribution in [0, 0.1) is 0 Å². The van der Waals surface area contributed by atoms with Gasteiger partial charge in [-0.1, -0.05) is 32.1 Å². The number of hydrogen-bond acceptors (Lipinski definition) is 5. The maximum atomic E-state index is 9.56. The number of aromatic nitrogens is 1. The molecule has 0 aliphatic carbocycles. The molecule has 1 aliphatic heterocycles. The molecule has 0 radical (unpaired) electrons. The Morgan fingerprint density at radius 1 is 1.14 bits per heavy atom. The zero-order valence-electron chi connectivity index (χ0n) is 13.8. The van der Waals surface area contributed by atoms with E-state index in [2.05, 4.69) is 37.5 Å². The summed E-state index contributed by atoms with van der Waals surface area (Å²) in [5.74, 6) is 0.429. The Morgan fingerprint density at radius 3 is 2.33 bits per heavy atom. The Balaban J connectivity index is 2.05. The molecule has 1 aromatic rings. The molecule has 0 bridgehead atoms. The molecule has 120 valence electrons. The van der Waals surface area contributed by atoms with Crippen LogP contribution in [0.2, 0.25) is 0 Å². The van der Waals surface area contributed by atoms with Crippen LogP contribution in [0.15, 0.2) is 0 Å². The van der Waals surface area contributed by atoms with Crippen molar-refractivity contribution in [1.82, 2.24) is 9.88 Å². The Hall–Kier alpha value is -0.650. The molecule has 21 heavy (non-hydrogen) atoms. The topological polar surface area (TPSA) is 39.6 Å². The van der Waals surface area contributed by atoms with E-state index in [4.69, 9.17) is 4.98 Å². The third-order valence-corrected chi connectivity index (χ3v) is 5.85. The molecule has 0 spiro atoms. The first-order valence-corrected chi connectivity index (χ1v) is 9.01. The van der Waals surface area contributed by atoms with Crippen LogP contribution in [-0.2, 0) is 6.61 Å². The number of thiazole rings is 1. The summed E-state index contributed by atoms with van der Waals surface area (Å²) in [6.07, 6.45) is 2.28. The fourth-order valence-electron chi connectivity index (χ4n) is 2.79. The minimum absolute atomic E-state index is 0.115. The smallest absolute Gasteiger partial charge is 0.185 e. The molecule has 1 aliphatic rings. The van der Waals surface area contributed by atoms with E-state index < -0.39 is 0 Å². The summed E-state index contributed by atoms with van der Waals surface area (Å²) in [6, 6.07) is 0.673. The van der Waals surface area contributed by atoms with Crippen LogP contribution >= 0.6 is 11.3 Å². The summed E-state index contributed by atoms with van der Waals surface area (Å²) in [4.78, 5) is 10.8. The van der Waals surface area contributed by atoms with Crippen LogP contribution < -0.4 is 4.90 Å². The molecule has 2 atom stereocenters. The largest absolute Gasteiger partial charge is 0.391 e. The van der Waals surface area contributed by atoms with Crippen molar-refractivity contribution in [3.05, 3.63) is 10.6 Å². The lowest BCUT2D eigenvalue weighted by Crippen LogP contribution is -2.49. The Labute approximate surface area is 132 Å². The van der Waals surface area contributed by atoms with Gasteiger partial charge in [0.05, 0.1) is 17.2 Å². The number of aliphatic hydroxyl groups excluding tert-OH is 1. The van der Waals surface area contributed by atoms with E-state index in [1.54, 1.807) is 11.3 Å². The van der Waals surface area contributed by atoms with E-state index in [0.717, 1.165) is 48.3 Å². The second kappa shape index (κ2) is 7.56. The van der Waals surface area contributed by atoms with Crippen molar-refractivity contribution in [2.24, 2.45) is 0 Å².